The van der Waals surface area contributed by atoms with Crippen molar-refractivity contribution in [3.8, 4) is 0 Å². The van der Waals surface area contributed by atoms with Gasteiger partial charge in [-0.2, -0.15) is 0 Å². The Morgan fingerprint density at radius 1 is 1.53 bits per heavy atom. The fourth-order valence-electron chi connectivity index (χ4n) is 1.42. The Hall–Kier alpha value is -1.80. The molecule has 3 N–H and O–H groups in total. The summed E-state index contributed by atoms with van der Waals surface area (Å²) in [7, 11) is 0. The zero-order chi connectivity index (χ0) is 13.8. The van der Waals surface area contributed by atoms with Crippen molar-refractivity contribution in [2.45, 2.75) is 6.54 Å². The molecule has 0 unspecified atom stereocenters. The highest BCUT2D eigenvalue weighted by Crippen LogP contribution is 2.23. The van der Waals surface area contributed by atoms with Crippen molar-refractivity contribution in [1.29, 1.82) is 0 Å². The molecule has 100 valence electrons. The third kappa shape index (κ3) is 3.36. The molecule has 6 nitrogen and oxygen atoms in total. The minimum atomic E-state index is -0.463. The third-order valence-electron chi connectivity index (χ3n) is 2.31. The van der Waals surface area contributed by atoms with E-state index in [4.69, 9.17) is 5.73 Å². The second-order valence-corrected chi connectivity index (χ2v) is 4.59. The molecule has 2 rings (SSSR count). The molecule has 1 heterocycles. The van der Waals surface area contributed by atoms with E-state index < -0.39 is 11.7 Å². The second kappa shape index (κ2) is 5.89. The lowest BCUT2D eigenvalue weighted by molar-refractivity contribution is 0.102. The number of carbonyl (C=O) groups excluding carboxylic acids is 1. The maximum atomic E-state index is 13.1. The maximum absolute atomic E-state index is 13.1. The first kappa shape index (κ1) is 13.6. The number of rotatable bonds is 4. The lowest BCUT2D eigenvalue weighted by Crippen LogP contribution is -2.13. The smallest absolute Gasteiger partial charge is 0.277 e. The number of aromatic nitrogens is 3. The maximum Gasteiger partial charge on any atom is 0.277 e. The molecule has 2 aromatic rings. The summed E-state index contributed by atoms with van der Waals surface area (Å²) in [6.45, 7) is 0.879. The first-order valence-electron chi connectivity index (χ1n) is 5.47. The van der Waals surface area contributed by atoms with Gasteiger partial charge in [-0.25, -0.2) is 4.39 Å². The lowest BCUT2D eigenvalue weighted by Gasteiger charge is -2.05. The van der Waals surface area contributed by atoms with E-state index >= 15 is 0 Å². The number of carbonyl (C=O) groups is 1. The summed E-state index contributed by atoms with van der Waals surface area (Å²) in [5.41, 5.74) is 5.84. The van der Waals surface area contributed by atoms with E-state index in [-0.39, 0.29) is 5.69 Å². The molecule has 0 aliphatic heterocycles. The molecule has 19 heavy (non-hydrogen) atoms. The van der Waals surface area contributed by atoms with Gasteiger partial charge >= 0.3 is 0 Å². The van der Waals surface area contributed by atoms with Crippen LogP contribution < -0.4 is 11.1 Å². The van der Waals surface area contributed by atoms with Gasteiger partial charge in [0.25, 0.3) is 5.91 Å². The van der Waals surface area contributed by atoms with Crippen LogP contribution in [-0.4, -0.2) is 27.4 Å². The summed E-state index contributed by atoms with van der Waals surface area (Å²) in [6, 6.07) is 4.01. The Labute approximate surface area is 116 Å². The summed E-state index contributed by atoms with van der Waals surface area (Å²) < 4.78 is 15.1. The number of halogens is 2. The molecule has 8 heteroatoms. The Morgan fingerprint density at radius 3 is 3.05 bits per heavy atom. The van der Waals surface area contributed by atoms with Crippen molar-refractivity contribution in [2.75, 3.05) is 11.9 Å². The average Bonchev–Trinajstić information content (AvgIpc) is 2.83. The van der Waals surface area contributed by atoms with E-state index in [2.05, 4.69) is 31.6 Å². The molecular formula is C11H11BrFN5O. The monoisotopic (exact) mass is 327 g/mol. The summed E-state index contributed by atoms with van der Waals surface area (Å²) in [6.07, 6.45) is 1.48. The Morgan fingerprint density at radius 2 is 2.32 bits per heavy atom. The first-order valence-corrected chi connectivity index (χ1v) is 6.26. The van der Waals surface area contributed by atoms with Crippen LogP contribution in [0.15, 0.2) is 28.9 Å². The summed E-state index contributed by atoms with van der Waals surface area (Å²) in [5.74, 6) is -0.903. The number of anilines is 1. The summed E-state index contributed by atoms with van der Waals surface area (Å²) in [4.78, 5) is 11.9. The van der Waals surface area contributed by atoms with E-state index in [1.807, 2.05) is 0 Å². The fraction of sp³-hybridized carbons (Fsp3) is 0.182. The molecule has 0 aliphatic carbocycles. The van der Waals surface area contributed by atoms with Gasteiger partial charge in [0.2, 0.25) is 0 Å². The summed E-state index contributed by atoms with van der Waals surface area (Å²) >= 11 is 3.22. The van der Waals surface area contributed by atoms with Crippen LogP contribution in [0.3, 0.4) is 0 Å². The molecule has 1 aromatic heterocycles. The Kier molecular flexibility index (Phi) is 4.23. The molecule has 0 saturated heterocycles. The van der Waals surface area contributed by atoms with Crippen molar-refractivity contribution < 1.29 is 9.18 Å². The SMILES string of the molecule is NCCn1cc(C(=O)Nc2cc(F)ccc2Br)nn1. The molecule has 0 radical (unpaired) electrons. The minimum Gasteiger partial charge on any atom is -0.329 e. The van der Waals surface area contributed by atoms with Crippen LogP contribution in [0.5, 0.6) is 0 Å². The molecular weight excluding hydrogens is 317 g/mol. The van der Waals surface area contributed by atoms with E-state index in [0.29, 0.717) is 23.2 Å². The largest absolute Gasteiger partial charge is 0.329 e. The van der Waals surface area contributed by atoms with E-state index in [0.717, 1.165) is 0 Å². The highest BCUT2D eigenvalue weighted by Gasteiger charge is 2.12. The summed E-state index contributed by atoms with van der Waals surface area (Å²) in [5, 5.41) is 10.0. The number of benzene rings is 1. The van der Waals surface area contributed by atoms with Gasteiger partial charge in [0.1, 0.15) is 5.82 Å². The quantitative estimate of drug-likeness (QED) is 0.888. The topological polar surface area (TPSA) is 85.8 Å². The van der Waals surface area contributed by atoms with E-state index in [9.17, 15) is 9.18 Å². The number of hydrogen-bond acceptors (Lipinski definition) is 4. The predicted octanol–water partition coefficient (Wildman–Crippen LogP) is 1.39. The van der Waals surface area contributed by atoms with E-state index in [1.54, 1.807) is 0 Å². The Bertz CT molecular complexity index is 601. The zero-order valence-corrected chi connectivity index (χ0v) is 11.4. The molecule has 0 atom stereocenters. The third-order valence-corrected chi connectivity index (χ3v) is 3.00. The number of hydrogen-bond donors (Lipinski definition) is 2. The van der Waals surface area contributed by atoms with Gasteiger partial charge in [-0.15, -0.1) is 5.10 Å². The highest BCUT2D eigenvalue weighted by molar-refractivity contribution is 9.10. The van der Waals surface area contributed by atoms with Crippen LogP contribution in [0.25, 0.3) is 0 Å². The zero-order valence-electron chi connectivity index (χ0n) is 9.81. The van der Waals surface area contributed by atoms with Gasteiger partial charge in [0.05, 0.1) is 18.4 Å². The molecule has 0 saturated carbocycles. The van der Waals surface area contributed by atoms with Gasteiger partial charge in [-0.1, -0.05) is 5.21 Å². The van der Waals surface area contributed by atoms with Crippen LogP contribution in [0, 0.1) is 5.82 Å². The number of amides is 1. The first-order chi connectivity index (χ1) is 9.10. The van der Waals surface area contributed by atoms with Crippen molar-refractivity contribution in [1.82, 2.24) is 15.0 Å². The second-order valence-electron chi connectivity index (χ2n) is 3.73. The lowest BCUT2D eigenvalue weighted by atomic mass is 10.3. The standard InChI is InChI=1S/C11H11BrFN5O/c12-8-2-1-7(13)5-9(8)15-11(19)10-6-18(4-3-14)17-16-10/h1-2,5-6H,3-4,14H2,(H,15,19). The molecule has 1 aromatic carbocycles. The van der Waals surface area contributed by atoms with Crippen LogP contribution in [-0.2, 0) is 6.54 Å². The average molecular weight is 328 g/mol. The fourth-order valence-corrected chi connectivity index (χ4v) is 1.77. The van der Waals surface area contributed by atoms with Crippen LogP contribution in [0.4, 0.5) is 10.1 Å². The normalized spacial score (nSPS) is 10.5. The molecule has 0 bridgehead atoms. The Balaban J connectivity index is 2.13. The van der Waals surface area contributed by atoms with Gasteiger partial charge in [0.15, 0.2) is 5.69 Å². The van der Waals surface area contributed by atoms with Crippen molar-refractivity contribution in [2.24, 2.45) is 5.73 Å². The number of nitrogens with zero attached hydrogens (tertiary/aromatic N) is 3. The van der Waals surface area contributed by atoms with Crippen LogP contribution >= 0.6 is 15.9 Å². The minimum absolute atomic E-state index is 0.143. The van der Waals surface area contributed by atoms with E-state index in [1.165, 1.54) is 29.1 Å². The van der Waals surface area contributed by atoms with Crippen LogP contribution in [0.2, 0.25) is 0 Å². The predicted molar refractivity (Wildman–Crippen MR) is 71.1 cm³/mol. The molecule has 0 fully saturated rings. The molecule has 0 spiro atoms. The highest BCUT2D eigenvalue weighted by atomic mass is 79.9. The van der Waals surface area contributed by atoms with Gasteiger partial charge in [0, 0.05) is 11.0 Å². The number of nitrogens with two attached hydrogens (primary N) is 1. The van der Waals surface area contributed by atoms with Crippen molar-refractivity contribution in [3.05, 3.63) is 40.4 Å². The molecule has 1 amide bonds. The van der Waals surface area contributed by atoms with Crippen LogP contribution in [0.1, 0.15) is 10.5 Å². The van der Waals surface area contributed by atoms with Crippen molar-refractivity contribution >= 4 is 27.5 Å². The molecule has 0 aliphatic rings. The van der Waals surface area contributed by atoms with Gasteiger partial charge in [-0.05, 0) is 34.1 Å². The van der Waals surface area contributed by atoms with Gasteiger partial charge in [-0.3, -0.25) is 9.48 Å². The number of nitrogens with one attached hydrogen (secondary N) is 1. The van der Waals surface area contributed by atoms with Gasteiger partial charge < -0.3 is 11.1 Å². The van der Waals surface area contributed by atoms with Crippen molar-refractivity contribution in [3.63, 3.8) is 0 Å².